The predicted octanol–water partition coefficient (Wildman–Crippen LogP) is 5.94. The number of alkyl halides is 3. The van der Waals surface area contributed by atoms with Gasteiger partial charge >= 0.3 is 6.18 Å². The maximum Gasteiger partial charge on any atom is 0.435 e. The second kappa shape index (κ2) is 9.69. The number of nitrogens with one attached hydrogen (secondary N) is 3. The number of thiazole rings is 1. The number of amides is 1. The van der Waals surface area contributed by atoms with Gasteiger partial charge in [0, 0.05) is 22.9 Å². The highest BCUT2D eigenvalue weighted by Gasteiger charge is 2.34. The Bertz CT molecular complexity index is 1610. The third-order valence-electron chi connectivity index (χ3n) is 6.50. The molecule has 0 radical (unpaired) electrons. The minimum absolute atomic E-state index is 0.0894. The van der Waals surface area contributed by atoms with E-state index in [0.717, 1.165) is 59.1 Å². The molecule has 0 bridgehead atoms. The van der Waals surface area contributed by atoms with Crippen LogP contribution in [0.15, 0.2) is 54.0 Å². The van der Waals surface area contributed by atoms with Gasteiger partial charge in [0.05, 0.1) is 23.1 Å². The highest BCUT2D eigenvalue weighted by atomic mass is 32.1. The van der Waals surface area contributed by atoms with E-state index in [9.17, 15) is 18.0 Å². The van der Waals surface area contributed by atoms with Gasteiger partial charge < -0.3 is 5.32 Å². The Morgan fingerprint density at radius 1 is 1.11 bits per heavy atom. The first-order valence-corrected chi connectivity index (χ1v) is 12.9. The fourth-order valence-electron chi connectivity index (χ4n) is 4.63. The lowest BCUT2D eigenvalue weighted by atomic mass is 9.99. The number of hydrogen-bond donors (Lipinski definition) is 3. The van der Waals surface area contributed by atoms with Crippen LogP contribution in [0.25, 0.3) is 32.7 Å². The fourth-order valence-corrected chi connectivity index (χ4v) is 5.40. The van der Waals surface area contributed by atoms with Crippen molar-refractivity contribution >= 4 is 33.8 Å². The molecule has 8 nitrogen and oxygen atoms in total. The second-order valence-electron chi connectivity index (χ2n) is 9.20. The van der Waals surface area contributed by atoms with Gasteiger partial charge in [0.15, 0.2) is 5.69 Å². The lowest BCUT2D eigenvalue weighted by Crippen LogP contribution is -2.18. The van der Waals surface area contributed by atoms with Crippen molar-refractivity contribution in [3.63, 3.8) is 0 Å². The van der Waals surface area contributed by atoms with Crippen molar-refractivity contribution in [2.75, 3.05) is 18.4 Å². The Balaban J connectivity index is 1.29. The number of likely N-dealkylation sites (tertiary alicyclic amines) is 1. The van der Waals surface area contributed by atoms with Crippen molar-refractivity contribution in [2.24, 2.45) is 0 Å². The van der Waals surface area contributed by atoms with Crippen LogP contribution in [0.2, 0.25) is 0 Å². The monoisotopic (exact) mass is 537 g/mol. The van der Waals surface area contributed by atoms with Crippen LogP contribution in [0, 0.1) is 0 Å². The van der Waals surface area contributed by atoms with Crippen molar-refractivity contribution in [2.45, 2.75) is 25.6 Å². The summed E-state index contributed by atoms with van der Waals surface area (Å²) in [4.78, 5) is 19.8. The van der Waals surface area contributed by atoms with Crippen LogP contribution in [0.5, 0.6) is 0 Å². The molecule has 5 aromatic rings. The number of hydrogen-bond acceptors (Lipinski definition) is 6. The molecule has 1 aliphatic rings. The Hall–Kier alpha value is -4.03. The Morgan fingerprint density at radius 3 is 2.74 bits per heavy atom. The highest BCUT2D eigenvalue weighted by molar-refractivity contribution is 7.13. The average Bonchev–Trinajstić information content (AvgIpc) is 3.70. The van der Waals surface area contributed by atoms with Crippen molar-refractivity contribution < 1.29 is 18.0 Å². The number of carbonyl (C=O) groups excluding carboxylic acids is 1. The molecule has 0 saturated carbocycles. The first-order chi connectivity index (χ1) is 18.3. The van der Waals surface area contributed by atoms with Gasteiger partial charge in [-0.1, -0.05) is 18.2 Å². The SMILES string of the molecule is O=C(Nc1cc2[nH]ncc2cc1-c1cccc(CN2CCCC2)c1)c1csc(-c2cc(C(F)(F)F)n[nH]2)n1. The minimum atomic E-state index is -4.57. The van der Waals surface area contributed by atoms with Gasteiger partial charge in [0.25, 0.3) is 5.91 Å². The van der Waals surface area contributed by atoms with Crippen LogP contribution in [0.3, 0.4) is 0 Å². The van der Waals surface area contributed by atoms with E-state index in [2.05, 4.69) is 47.7 Å². The van der Waals surface area contributed by atoms with E-state index in [-0.39, 0.29) is 16.4 Å². The smallest absolute Gasteiger partial charge is 0.320 e. The summed E-state index contributed by atoms with van der Waals surface area (Å²) in [5.74, 6) is -0.476. The minimum Gasteiger partial charge on any atom is -0.320 e. The molecule has 1 aliphatic heterocycles. The molecule has 1 saturated heterocycles. The number of aromatic nitrogens is 5. The third-order valence-corrected chi connectivity index (χ3v) is 7.38. The summed E-state index contributed by atoms with van der Waals surface area (Å²) >= 11 is 1.06. The highest BCUT2D eigenvalue weighted by Crippen LogP contribution is 2.34. The summed E-state index contributed by atoms with van der Waals surface area (Å²) in [6.45, 7) is 3.06. The van der Waals surface area contributed by atoms with Gasteiger partial charge in [-0.2, -0.15) is 23.4 Å². The van der Waals surface area contributed by atoms with Gasteiger partial charge in [0.1, 0.15) is 10.7 Å². The second-order valence-corrected chi connectivity index (χ2v) is 10.1. The quantitative estimate of drug-likeness (QED) is 0.249. The number of anilines is 1. The zero-order valence-corrected chi connectivity index (χ0v) is 20.8. The van der Waals surface area contributed by atoms with E-state index in [1.165, 1.54) is 23.8 Å². The van der Waals surface area contributed by atoms with Crippen molar-refractivity contribution in [1.29, 1.82) is 0 Å². The average molecular weight is 538 g/mol. The molecule has 0 spiro atoms. The molecule has 0 atom stereocenters. The van der Waals surface area contributed by atoms with Crippen LogP contribution < -0.4 is 5.32 Å². The van der Waals surface area contributed by atoms with E-state index in [0.29, 0.717) is 5.69 Å². The third kappa shape index (κ3) is 4.92. The molecule has 0 unspecified atom stereocenters. The van der Waals surface area contributed by atoms with E-state index in [1.807, 2.05) is 24.3 Å². The normalized spacial score (nSPS) is 14.4. The predicted molar refractivity (Wildman–Crippen MR) is 139 cm³/mol. The lowest BCUT2D eigenvalue weighted by Gasteiger charge is -2.16. The summed E-state index contributed by atoms with van der Waals surface area (Å²) in [6.07, 6.45) is -0.408. The standard InChI is InChI=1S/C26H22F3N7OS/c27-26(28,29)23-11-21(34-35-23)25-32-22(14-38-25)24(37)31-20-10-19-17(12-30-33-19)9-18(20)16-5-3-4-15(8-16)13-36-6-1-2-7-36/h3-5,8-12,14H,1-2,6-7,13H2,(H,30,33)(H,31,37)(H,34,35). The largest absolute Gasteiger partial charge is 0.435 e. The van der Waals surface area contributed by atoms with Crippen LogP contribution in [0.4, 0.5) is 18.9 Å². The summed E-state index contributed by atoms with van der Waals surface area (Å²) in [5.41, 5.74) is 3.44. The van der Waals surface area contributed by atoms with Crippen LogP contribution in [0.1, 0.15) is 34.6 Å². The Labute approximate surface area is 218 Å². The molecule has 2 aromatic carbocycles. The van der Waals surface area contributed by atoms with E-state index < -0.39 is 17.8 Å². The molecule has 38 heavy (non-hydrogen) atoms. The van der Waals surface area contributed by atoms with Crippen molar-refractivity contribution in [3.8, 4) is 21.8 Å². The molecule has 3 aromatic heterocycles. The molecular weight excluding hydrogens is 515 g/mol. The van der Waals surface area contributed by atoms with Gasteiger partial charge in [0.2, 0.25) is 0 Å². The maximum atomic E-state index is 13.2. The number of fused-ring (bicyclic) bond motifs is 1. The van der Waals surface area contributed by atoms with Crippen LogP contribution >= 0.6 is 11.3 Å². The number of benzene rings is 2. The molecule has 1 amide bonds. The van der Waals surface area contributed by atoms with E-state index >= 15 is 0 Å². The molecular formula is C26H22F3N7OS. The Morgan fingerprint density at radius 2 is 1.95 bits per heavy atom. The molecule has 4 heterocycles. The molecule has 194 valence electrons. The van der Waals surface area contributed by atoms with Gasteiger partial charge in [-0.05, 0) is 61.3 Å². The Kier molecular flexibility index (Phi) is 6.20. The summed E-state index contributed by atoms with van der Waals surface area (Å²) in [5, 5.41) is 18.3. The van der Waals surface area contributed by atoms with Gasteiger partial charge in [-0.15, -0.1) is 11.3 Å². The molecule has 6 rings (SSSR count). The first kappa shape index (κ1) is 24.3. The lowest BCUT2D eigenvalue weighted by molar-refractivity contribution is -0.141. The van der Waals surface area contributed by atoms with Crippen molar-refractivity contribution in [1.82, 2.24) is 30.3 Å². The topological polar surface area (TPSA) is 103 Å². The zero-order chi connectivity index (χ0) is 26.3. The number of H-pyrrole nitrogens is 2. The molecule has 3 N–H and O–H groups in total. The van der Waals surface area contributed by atoms with Gasteiger partial charge in [-0.25, -0.2) is 4.98 Å². The van der Waals surface area contributed by atoms with E-state index in [4.69, 9.17) is 0 Å². The fraction of sp³-hybridized carbons (Fsp3) is 0.231. The summed E-state index contributed by atoms with van der Waals surface area (Å²) in [7, 11) is 0. The summed E-state index contributed by atoms with van der Waals surface area (Å²) in [6, 6.07) is 12.9. The zero-order valence-electron chi connectivity index (χ0n) is 20.0. The number of halogens is 3. The number of aromatic amines is 2. The van der Waals surface area contributed by atoms with Crippen LogP contribution in [-0.2, 0) is 12.7 Å². The van der Waals surface area contributed by atoms with Crippen molar-refractivity contribution in [3.05, 3.63) is 71.0 Å². The number of carbonyl (C=O) groups is 1. The maximum absolute atomic E-state index is 13.2. The number of nitrogens with zero attached hydrogens (tertiary/aromatic N) is 4. The molecule has 12 heteroatoms. The molecule has 0 aliphatic carbocycles. The van der Waals surface area contributed by atoms with Crippen LogP contribution in [-0.4, -0.2) is 49.3 Å². The molecule has 1 fully saturated rings. The van der Waals surface area contributed by atoms with Gasteiger partial charge in [-0.3, -0.25) is 19.9 Å². The number of rotatable bonds is 6. The first-order valence-electron chi connectivity index (χ1n) is 12.0. The van der Waals surface area contributed by atoms with E-state index in [1.54, 1.807) is 6.20 Å². The summed E-state index contributed by atoms with van der Waals surface area (Å²) < 4.78 is 38.7.